The highest BCUT2D eigenvalue weighted by molar-refractivity contribution is 4.84. The number of ether oxygens (including phenoxy) is 4. The first-order valence-corrected chi connectivity index (χ1v) is 44.2. The average Bonchev–Trinajstić information content (AvgIpc) is 2.03. The molecule has 0 aromatic rings. The highest BCUT2D eigenvalue weighted by atomic mass is 16.5. The Kier molecular flexibility index (Phi) is 44.3. The van der Waals surface area contributed by atoms with Gasteiger partial charge in [-0.2, -0.15) is 0 Å². The Bertz CT molecular complexity index is 1840. The van der Waals surface area contributed by atoms with Crippen LogP contribution in [0.15, 0.2) is 0 Å². The quantitative estimate of drug-likeness (QED) is 0.304. The van der Waals surface area contributed by atoms with Crippen molar-refractivity contribution >= 4 is 0 Å². The van der Waals surface area contributed by atoms with Crippen LogP contribution in [0.4, 0.5) is 0 Å². The van der Waals surface area contributed by atoms with Crippen molar-refractivity contribution in [1.29, 1.82) is 0 Å². The van der Waals surface area contributed by atoms with Crippen LogP contribution < -0.4 is 0 Å². The van der Waals surface area contributed by atoms with Crippen LogP contribution in [0.3, 0.4) is 0 Å². The van der Waals surface area contributed by atoms with E-state index in [0.29, 0.717) is 18.4 Å². The Morgan fingerprint density at radius 3 is 0.823 bits per heavy atom. The van der Waals surface area contributed by atoms with Crippen LogP contribution in [-0.2, 0) is 18.9 Å². The third-order valence-electron chi connectivity index (χ3n) is 28.4. The number of aliphatic hydroxyl groups excluding tert-OH is 1. The highest BCUT2D eigenvalue weighted by Crippen LogP contribution is 2.45. The minimum absolute atomic E-state index is 0.0543. The van der Waals surface area contributed by atoms with Gasteiger partial charge in [-0.25, -0.2) is 0 Å². The molecule has 4 aliphatic carbocycles. The first-order chi connectivity index (χ1) is 46.5. The molecule has 96 heavy (non-hydrogen) atoms. The van der Waals surface area contributed by atoms with Crippen molar-refractivity contribution < 1.29 is 24.1 Å². The molecule has 0 aromatic carbocycles. The molecule has 20 unspecified atom stereocenters. The Hall–Kier alpha value is -0.240. The van der Waals surface area contributed by atoms with E-state index < -0.39 is 0 Å². The van der Waals surface area contributed by atoms with Gasteiger partial charge in [0, 0.05) is 33.0 Å². The van der Waals surface area contributed by atoms with E-state index in [1.807, 2.05) is 0 Å². The van der Waals surface area contributed by atoms with Gasteiger partial charge in [0.15, 0.2) is 0 Å². The molecule has 2 heterocycles. The van der Waals surface area contributed by atoms with Gasteiger partial charge in [0.25, 0.3) is 0 Å². The Labute approximate surface area is 600 Å². The third-order valence-corrected chi connectivity index (χ3v) is 28.4. The molecular formula is C90H171NO5. The number of hydrogen-bond donors (Lipinski definition) is 1. The Morgan fingerprint density at radius 2 is 0.521 bits per heavy atom. The lowest BCUT2D eigenvalue weighted by Crippen LogP contribution is -2.35. The zero-order chi connectivity index (χ0) is 68.7. The molecular weight excluding hydrogens is 1170 g/mol. The van der Waals surface area contributed by atoms with Crippen molar-refractivity contribution in [3.8, 4) is 0 Å². The third kappa shape index (κ3) is 36.5. The molecule has 0 amide bonds. The lowest BCUT2D eigenvalue weighted by Gasteiger charge is -2.25. The van der Waals surface area contributed by atoms with Crippen LogP contribution in [-0.4, -0.2) is 88.1 Å². The summed E-state index contributed by atoms with van der Waals surface area (Å²) in [5.74, 6) is 17.7. The molecule has 22 atom stereocenters. The minimum atomic E-state index is -0.192. The number of aliphatic hydroxyl groups is 1. The number of hydrogen-bond acceptors (Lipinski definition) is 6. The summed E-state index contributed by atoms with van der Waals surface area (Å²) in [7, 11) is 0. The largest absolute Gasteiger partial charge is 0.394 e. The van der Waals surface area contributed by atoms with E-state index in [4.69, 9.17) is 18.9 Å². The fourth-order valence-corrected chi connectivity index (χ4v) is 20.4. The van der Waals surface area contributed by atoms with Crippen LogP contribution >= 0.6 is 0 Å². The summed E-state index contributed by atoms with van der Waals surface area (Å²) < 4.78 is 25.5. The van der Waals surface area contributed by atoms with E-state index in [0.717, 1.165) is 159 Å². The minimum Gasteiger partial charge on any atom is -0.394 e. The van der Waals surface area contributed by atoms with Crippen LogP contribution in [0.5, 0.6) is 0 Å². The highest BCUT2D eigenvalue weighted by Gasteiger charge is 2.33. The van der Waals surface area contributed by atoms with E-state index in [9.17, 15) is 5.11 Å². The molecule has 6 rings (SSSR count). The summed E-state index contributed by atoms with van der Waals surface area (Å²) in [5, 5.41) is 10.1. The second kappa shape index (κ2) is 50.2. The van der Waals surface area contributed by atoms with Gasteiger partial charge in [-0.05, 0) is 221 Å². The molecule has 6 aliphatic rings. The first kappa shape index (κ1) is 84.7. The zero-order valence-electron chi connectivity index (χ0n) is 66.8. The molecule has 2 aliphatic heterocycles. The summed E-state index contributed by atoms with van der Waals surface area (Å²) >= 11 is 0. The predicted molar refractivity (Wildman–Crippen MR) is 415 cm³/mol. The van der Waals surface area contributed by atoms with Gasteiger partial charge >= 0.3 is 0 Å². The Balaban J connectivity index is 0.863. The number of rotatable bonds is 3. The van der Waals surface area contributed by atoms with Crippen molar-refractivity contribution in [2.45, 2.75) is 391 Å². The fourth-order valence-electron chi connectivity index (χ4n) is 20.4. The lowest BCUT2D eigenvalue weighted by molar-refractivity contribution is -0.0471. The van der Waals surface area contributed by atoms with Crippen molar-refractivity contribution in [2.75, 3.05) is 65.9 Å². The van der Waals surface area contributed by atoms with E-state index in [2.05, 4.69) is 88.0 Å². The molecule has 6 heteroatoms. The first-order valence-electron chi connectivity index (χ1n) is 44.2. The topological polar surface area (TPSA) is 60.4 Å². The maximum absolute atomic E-state index is 10.1. The summed E-state index contributed by atoms with van der Waals surface area (Å²) in [4.78, 5) is 2.64. The van der Waals surface area contributed by atoms with Gasteiger partial charge in [-0.1, -0.05) is 289 Å². The normalized spacial score (nSPS) is 40.5. The number of likely N-dealkylation sites (tertiary alicyclic amines) is 1. The summed E-state index contributed by atoms with van der Waals surface area (Å²) in [5.41, 5.74) is 0. The molecule has 0 spiro atoms. The Morgan fingerprint density at radius 1 is 0.260 bits per heavy atom. The van der Waals surface area contributed by atoms with Gasteiger partial charge in [-0.3, -0.25) is 0 Å². The van der Waals surface area contributed by atoms with Crippen LogP contribution in [0.25, 0.3) is 0 Å². The van der Waals surface area contributed by atoms with Gasteiger partial charge < -0.3 is 29.0 Å². The fraction of sp³-hybridized carbons (Fsp3) is 1.00. The lowest BCUT2D eigenvalue weighted by atomic mass is 9.84. The maximum Gasteiger partial charge on any atom is 0.104 e. The summed E-state index contributed by atoms with van der Waals surface area (Å²) in [6.07, 6.45) is 64.8. The standard InChI is InChI=1S/C90H171NO5/c1-69-23-15-31-77(9)85-47-43-81(61-85)35-19-27-73(5)51-57-93-67-89(65-91-55-13-14-56-91)95-59-53-75(7)29-21-37-83-45-49-87(63-83)79(11)33-17-25-71(3)41-42-72(4)26-18-34-80(12)88-50-46-84(64-88)38-22-30-76(8)54-60-96-90(66-92)68-94-58-52-74(6)28-20-36-82-44-48-86(62-82)78(10)32-16-24-70(2)40-39-69/h69-90,92H,13-68H2,1-12H3/t69?,70?,71?,72?,73?,74?,75?,76?,77-,78?,79-,80?,81?,82?,83?,84?,85?,86?,87?,88?,89?,90?/m0/s1. The number of nitrogens with zero attached hydrogens (tertiary/aromatic N) is 1. The molecule has 1 N–H and O–H groups in total. The molecule has 566 valence electrons. The van der Waals surface area contributed by atoms with E-state index in [-0.39, 0.29) is 18.8 Å². The van der Waals surface area contributed by atoms with Gasteiger partial charge in [0.1, 0.15) is 6.10 Å². The molecule has 6 nitrogen and oxygen atoms in total. The smallest absolute Gasteiger partial charge is 0.104 e. The second-order valence-electron chi connectivity index (χ2n) is 37.6. The predicted octanol–water partition coefficient (Wildman–Crippen LogP) is 25.7. The van der Waals surface area contributed by atoms with Gasteiger partial charge in [-0.15, -0.1) is 0 Å². The molecule has 2 saturated heterocycles. The maximum atomic E-state index is 10.1. The molecule has 4 saturated carbocycles. The van der Waals surface area contributed by atoms with Gasteiger partial charge in [0.05, 0.1) is 25.9 Å². The van der Waals surface area contributed by atoms with E-state index >= 15 is 0 Å². The van der Waals surface area contributed by atoms with Crippen molar-refractivity contribution in [3.63, 3.8) is 0 Å². The molecule has 8 bridgehead atoms. The average molecular weight is 1350 g/mol. The molecule has 6 fully saturated rings. The zero-order valence-corrected chi connectivity index (χ0v) is 66.8. The van der Waals surface area contributed by atoms with Gasteiger partial charge in [0.2, 0.25) is 0 Å². The van der Waals surface area contributed by atoms with E-state index in [1.54, 1.807) is 0 Å². The SMILES string of the molecule is CC1CCCC2CCC(C2)C(C)CCCC(C)CCC(C)CCC[C@H](C)C2CCC(CCCC(C)CCOCC(CN3CCCC3)OCCC(C)CCCC3CCC(C3)[C@@H](C)CCCC(C)CCC(C)CCCC(C)C3CCC(CCCC(C)CCOC(CO)COCC1)C3)C2. The summed E-state index contributed by atoms with van der Waals surface area (Å²) in [6, 6.07) is 0. The monoisotopic (exact) mass is 1350 g/mol. The van der Waals surface area contributed by atoms with Crippen molar-refractivity contribution in [1.82, 2.24) is 4.90 Å². The van der Waals surface area contributed by atoms with Crippen molar-refractivity contribution in [2.24, 2.45) is 118 Å². The van der Waals surface area contributed by atoms with E-state index in [1.165, 1.54) is 296 Å². The number of fused-ring (bicyclic) bond motifs is 8. The van der Waals surface area contributed by atoms with Crippen LogP contribution in [0.1, 0.15) is 378 Å². The molecule has 0 aromatic heterocycles. The van der Waals surface area contributed by atoms with Crippen molar-refractivity contribution in [3.05, 3.63) is 0 Å². The van der Waals surface area contributed by atoms with Crippen LogP contribution in [0, 0.1) is 118 Å². The second-order valence-corrected chi connectivity index (χ2v) is 37.6. The summed E-state index contributed by atoms with van der Waals surface area (Å²) in [6.45, 7) is 38.6. The molecule has 0 radical (unpaired) electrons. The van der Waals surface area contributed by atoms with Crippen LogP contribution in [0.2, 0.25) is 0 Å².